The van der Waals surface area contributed by atoms with Crippen molar-refractivity contribution < 1.29 is 4.79 Å². The molecule has 1 aliphatic rings. The normalized spacial score (nSPS) is 24.1. The van der Waals surface area contributed by atoms with Gasteiger partial charge in [0, 0.05) is 12.2 Å². The Morgan fingerprint density at radius 2 is 2.16 bits per heavy atom. The second kappa shape index (κ2) is 6.68. The molecule has 0 spiro atoms. The first-order chi connectivity index (χ1) is 9.19. The highest BCUT2D eigenvalue weighted by Gasteiger charge is 2.25. The van der Waals surface area contributed by atoms with Crippen LogP contribution in [0.1, 0.15) is 13.3 Å². The zero-order chi connectivity index (χ0) is 13.7. The fourth-order valence-electron chi connectivity index (χ4n) is 2.60. The van der Waals surface area contributed by atoms with E-state index < -0.39 is 0 Å². The summed E-state index contributed by atoms with van der Waals surface area (Å²) in [5.41, 5.74) is 6.64. The summed E-state index contributed by atoms with van der Waals surface area (Å²) in [5, 5.41) is 2.92. The number of benzene rings is 1. The van der Waals surface area contributed by atoms with Crippen LogP contribution in [0.3, 0.4) is 0 Å². The number of nitrogens with zero attached hydrogens (tertiary/aromatic N) is 1. The fourth-order valence-corrected chi connectivity index (χ4v) is 2.60. The van der Waals surface area contributed by atoms with Crippen molar-refractivity contribution >= 4 is 11.6 Å². The van der Waals surface area contributed by atoms with E-state index in [2.05, 4.69) is 17.1 Å². The summed E-state index contributed by atoms with van der Waals surface area (Å²) in [6.45, 7) is 5.33. The van der Waals surface area contributed by atoms with Gasteiger partial charge in [0.15, 0.2) is 0 Å². The smallest absolute Gasteiger partial charge is 0.238 e. The van der Waals surface area contributed by atoms with Gasteiger partial charge in [-0.05, 0) is 43.5 Å². The zero-order valence-electron chi connectivity index (χ0n) is 11.5. The molecule has 1 saturated heterocycles. The van der Waals surface area contributed by atoms with Crippen molar-refractivity contribution in [2.75, 3.05) is 31.5 Å². The summed E-state index contributed by atoms with van der Waals surface area (Å²) in [7, 11) is 0. The molecule has 1 heterocycles. The number of likely N-dealkylation sites (tertiary alicyclic amines) is 1. The molecule has 0 radical (unpaired) electrons. The van der Waals surface area contributed by atoms with Crippen LogP contribution < -0.4 is 11.1 Å². The first-order valence-corrected chi connectivity index (χ1v) is 6.96. The molecule has 1 amide bonds. The van der Waals surface area contributed by atoms with E-state index in [1.54, 1.807) is 0 Å². The number of carbonyl (C=O) groups excluding carboxylic acids is 1. The number of amides is 1. The minimum atomic E-state index is 0.0523. The summed E-state index contributed by atoms with van der Waals surface area (Å²) in [6, 6.07) is 9.58. The van der Waals surface area contributed by atoms with Crippen molar-refractivity contribution in [3.8, 4) is 0 Å². The molecular weight excluding hydrogens is 238 g/mol. The number of hydrogen-bond acceptors (Lipinski definition) is 3. The van der Waals surface area contributed by atoms with Crippen molar-refractivity contribution in [1.29, 1.82) is 0 Å². The Morgan fingerprint density at radius 1 is 1.42 bits per heavy atom. The van der Waals surface area contributed by atoms with Crippen LogP contribution >= 0.6 is 0 Å². The monoisotopic (exact) mass is 261 g/mol. The molecule has 2 atom stereocenters. The van der Waals surface area contributed by atoms with Crippen molar-refractivity contribution in [2.24, 2.45) is 17.6 Å². The van der Waals surface area contributed by atoms with Crippen LogP contribution in [0, 0.1) is 11.8 Å². The second-order valence-corrected chi connectivity index (χ2v) is 5.41. The van der Waals surface area contributed by atoms with Crippen LogP contribution in [0.5, 0.6) is 0 Å². The fraction of sp³-hybridized carbons (Fsp3) is 0.533. The quantitative estimate of drug-likeness (QED) is 0.864. The van der Waals surface area contributed by atoms with Gasteiger partial charge in [0.2, 0.25) is 5.91 Å². The van der Waals surface area contributed by atoms with E-state index in [4.69, 9.17) is 5.73 Å². The molecule has 2 unspecified atom stereocenters. The van der Waals surface area contributed by atoms with Gasteiger partial charge in [-0.1, -0.05) is 25.1 Å². The predicted octanol–water partition coefficient (Wildman–Crippen LogP) is 1.54. The van der Waals surface area contributed by atoms with Crippen molar-refractivity contribution in [3.05, 3.63) is 30.3 Å². The van der Waals surface area contributed by atoms with Crippen LogP contribution in [-0.2, 0) is 4.79 Å². The van der Waals surface area contributed by atoms with Crippen molar-refractivity contribution in [2.45, 2.75) is 13.3 Å². The third kappa shape index (κ3) is 4.04. The van der Waals surface area contributed by atoms with Gasteiger partial charge in [0.05, 0.1) is 6.54 Å². The predicted molar refractivity (Wildman–Crippen MR) is 77.8 cm³/mol. The minimum absolute atomic E-state index is 0.0523. The molecule has 0 aromatic heterocycles. The molecule has 1 aromatic carbocycles. The summed E-state index contributed by atoms with van der Waals surface area (Å²) in [6.07, 6.45) is 1.13. The highest BCUT2D eigenvalue weighted by molar-refractivity contribution is 5.92. The Labute approximate surface area is 115 Å². The van der Waals surface area contributed by atoms with Gasteiger partial charge in [0.25, 0.3) is 0 Å². The number of piperidine rings is 1. The van der Waals surface area contributed by atoms with E-state index >= 15 is 0 Å². The molecule has 0 saturated carbocycles. The SMILES string of the molecule is CC1CCN(CC(=O)Nc2ccccc2)CC1CN. The maximum Gasteiger partial charge on any atom is 0.238 e. The molecule has 2 rings (SSSR count). The Balaban J connectivity index is 1.82. The summed E-state index contributed by atoms with van der Waals surface area (Å²) in [4.78, 5) is 14.2. The van der Waals surface area contributed by atoms with Crippen LogP contribution in [0.2, 0.25) is 0 Å². The van der Waals surface area contributed by atoms with Gasteiger partial charge in [-0.15, -0.1) is 0 Å². The standard InChI is InChI=1S/C15H23N3O/c1-12-7-8-18(10-13(12)9-16)11-15(19)17-14-5-3-2-4-6-14/h2-6,12-13H,7-11,16H2,1H3,(H,17,19). The maximum absolute atomic E-state index is 12.0. The minimum Gasteiger partial charge on any atom is -0.330 e. The van der Waals surface area contributed by atoms with Crippen LogP contribution in [0.15, 0.2) is 30.3 Å². The molecule has 19 heavy (non-hydrogen) atoms. The maximum atomic E-state index is 12.0. The van der Waals surface area contributed by atoms with Crippen LogP contribution in [-0.4, -0.2) is 37.0 Å². The number of nitrogens with two attached hydrogens (primary N) is 1. The molecule has 0 aliphatic carbocycles. The molecule has 1 fully saturated rings. The summed E-state index contributed by atoms with van der Waals surface area (Å²) >= 11 is 0. The Kier molecular flexibility index (Phi) is 4.93. The molecule has 104 valence electrons. The number of hydrogen-bond donors (Lipinski definition) is 2. The van der Waals surface area contributed by atoms with E-state index in [1.807, 2.05) is 30.3 Å². The van der Waals surface area contributed by atoms with Crippen molar-refractivity contribution in [1.82, 2.24) is 4.90 Å². The summed E-state index contributed by atoms with van der Waals surface area (Å²) < 4.78 is 0. The lowest BCUT2D eigenvalue weighted by Crippen LogP contribution is -2.45. The Bertz CT molecular complexity index is 407. The van der Waals surface area contributed by atoms with E-state index in [-0.39, 0.29) is 5.91 Å². The van der Waals surface area contributed by atoms with Gasteiger partial charge in [-0.25, -0.2) is 0 Å². The Hall–Kier alpha value is -1.39. The molecule has 0 bridgehead atoms. The lowest BCUT2D eigenvalue weighted by Gasteiger charge is -2.36. The Morgan fingerprint density at radius 3 is 2.84 bits per heavy atom. The van der Waals surface area contributed by atoms with Gasteiger partial charge < -0.3 is 11.1 Å². The molecular formula is C15H23N3O. The molecule has 3 N–H and O–H groups in total. The number of rotatable bonds is 4. The zero-order valence-corrected chi connectivity index (χ0v) is 11.5. The van der Waals surface area contributed by atoms with Crippen molar-refractivity contribution in [3.63, 3.8) is 0 Å². The van der Waals surface area contributed by atoms with Gasteiger partial charge in [0.1, 0.15) is 0 Å². The third-order valence-electron chi connectivity index (χ3n) is 3.93. The third-order valence-corrected chi connectivity index (χ3v) is 3.93. The highest BCUT2D eigenvalue weighted by Crippen LogP contribution is 2.21. The highest BCUT2D eigenvalue weighted by atomic mass is 16.2. The van der Waals surface area contributed by atoms with E-state index in [0.717, 1.165) is 25.2 Å². The number of nitrogens with one attached hydrogen (secondary N) is 1. The molecule has 1 aromatic rings. The van der Waals surface area contributed by atoms with Crippen LogP contribution in [0.4, 0.5) is 5.69 Å². The average molecular weight is 261 g/mol. The summed E-state index contributed by atoms with van der Waals surface area (Å²) in [5.74, 6) is 1.23. The number of carbonyl (C=O) groups is 1. The number of anilines is 1. The largest absolute Gasteiger partial charge is 0.330 e. The first-order valence-electron chi connectivity index (χ1n) is 6.96. The average Bonchev–Trinajstić information content (AvgIpc) is 2.42. The first kappa shape index (κ1) is 14.0. The lowest BCUT2D eigenvalue weighted by atomic mass is 9.87. The van der Waals surface area contributed by atoms with Gasteiger partial charge in [-0.2, -0.15) is 0 Å². The lowest BCUT2D eigenvalue weighted by molar-refractivity contribution is -0.117. The van der Waals surface area contributed by atoms with E-state index in [0.29, 0.717) is 24.9 Å². The number of para-hydroxylation sites is 1. The van der Waals surface area contributed by atoms with E-state index in [9.17, 15) is 4.79 Å². The molecule has 4 nitrogen and oxygen atoms in total. The van der Waals surface area contributed by atoms with Gasteiger partial charge >= 0.3 is 0 Å². The molecule has 1 aliphatic heterocycles. The van der Waals surface area contributed by atoms with E-state index in [1.165, 1.54) is 0 Å². The second-order valence-electron chi connectivity index (χ2n) is 5.41. The van der Waals surface area contributed by atoms with Crippen LogP contribution in [0.25, 0.3) is 0 Å². The molecule has 4 heteroatoms. The topological polar surface area (TPSA) is 58.4 Å². The van der Waals surface area contributed by atoms with Gasteiger partial charge in [-0.3, -0.25) is 9.69 Å².